The fourth-order valence-corrected chi connectivity index (χ4v) is 4.41. The van der Waals surface area contributed by atoms with Crippen LogP contribution in [0.3, 0.4) is 0 Å². The monoisotopic (exact) mass is 389 g/mol. The number of anilines is 1. The van der Waals surface area contributed by atoms with E-state index in [0.717, 1.165) is 31.6 Å². The second-order valence-corrected chi connectivity index (χ2v) is 7.95. The summed E-state index contributed by atoms with van der Waals surface area (Å²) in [4.78, 5) is 30.8. The normalized spacial score (nSPS) is 18.6. The average Bonchev–Trinajstić information content (AvgIpc) is 2.98. The summed E-state index contributed by atoms with van der Waals surface area (Å²) in [6, 6.07) is 6.80. The molecule has 6 heteroatoms. The Morgan fingerprint density at radius 3 is 2.18 bits per heavy atom. The topological polar surface area (TPSA) is 43.9 Å². The molecule has 1 heterocycles. The molecule has 2 amide bonds. The minimum atomic E-state index is -0.235. The van der Waals surface area contributed by atoms with Gasteiger partial charge in [0.2, 0.25) is 11.8 Å². The molecule has 1 aliphatic heterocycles. The van der Waals surface area contributed by atoms with Crippen LogP contribution in [0.5, 0.6) is 0 Å². The zero-order valence-corrected chi connectivity index (χ0v) is 16.9. The lowest BCUT2D eigenvalue weighted by Gasteiger charge is -2.37. The molecular weight excluding hydrogens is 357 g/mol. The summed E-state index contributed by atoms with van der Waals surface area (Å²) in [7, 11) is 0. The number of rotatable bonds is 5. The largest absolute Gasteiger partial charge is 0.368 e. The molecule has 1 aromatic carbocycles. The minimum Gasteiger partial charge on any atom is -0.368 e. The fraction of sp³-hybridized carbons (Fsp3) is 0.636. The highest BCUT2D eigenvalue weighted by Crippen LogP contribution is 2.23. The van der Waals surface area contributed by atoms with Gasteiger partial charge in [-0.15, -0.1) is 0 Å². The predicted octanol–water partition coefficient (Wildman–Crippen LogP) is 3.44. The summed E-state index contributed by atoms with van der Waals surface area (Å²) in [6.07, 6.45) is 7.36. The summed E-state index contributed by atoms with van der Waals surface area (Å²) in [6.45, 7) is 4.97. The van der Waals surface area contributed by atoms with Crippen LogP contribution in [0.25, 0.3) is 0 Å². The lowest BCUT2D eigenvalue weighted by Crippen LogP contribution is -2.49. The molecule has 1 aliphatic carbocycles. The Bertz CT molecular complexity index is 648. The third-order valence-corrected chi connectivity index (χ3v) is 6.06. The predicted molar refractivity (Wildman–Crippen MR) is 109 cm³/mol. The van der Waals surface area contributed by atoms with Crippen LogP contribution in [-0.4, -0.2) is 60.4 Å². The Morgan fingerprint density at radius 2 is 1.61 bits per heavy atom. The second-order valence-electron chi connectivity index (χ2n) is 7.95. The van der Waals surface area contributed by atoms with Gasteiger partial charge in [-0.3, -0.25) is 9.59 Å². The molecule has 0 bridgehead atoms. The molecule has 0 aromatic heterocycles. The van der Waals surface area contributed by atoms with Crippen molar-refractivity contribution in [2.75, 3.05) is 37.6 Å². The number of carbonyl (C=O) groups is 2. The highest BCUT2D eigenvalue weighted by atomic mass is 19.1. The van der Waals surface area contributed by atoms with Crippen molar-refractivity contribution in [2.45, 2.75) is 57.9 Å². The zero-order valence-electron chi connectivity index (χ0n) is 16.9. The lowest BCUT2D eigenvalue weighted by molar-refractivity contribution is -0.135. The summed E-state index contributed by atoms with van der Waals surface area (Å²) in [5.41, 5.74) is 0.990. The summed E-state index contributed by atoms with van der Waals surface area (Å²) in [5.74, 6) is -0.0271. The zero-order chi connectivity index (χ0) is 19.9. The van der Waals surface area contributed by atoms with Gasteiger partial charge in [-0.05, 0) is 37.1 Å². The Kier molecular flexibility index (Phi) is 7.29. The number of piperazine rings is 1. The van der Waals surface area contributed by atoms with Crippen molar-refractivity contribution in [1.82, 2.24) is 9.80 Å². The summed E-state index contributed by atoms with van der Waals surface area (Å²) >= 11 is 0. The average molecular weight is 390 g/mol. The molecule has 0 unspecified atom stereocenters. The molecule has 0 N–H and O–H groups in total. The van der Waals surface area contributed by atoms with Gasteiger partial charge in [0.1, 0.15) is 5.82 Å². The van der Waals surface area contributed by atoms with E-state index in [0.29, 0.717) is 32.1 Å². The Morgan fingerprint density at radius 1 is 1.00 bits per heavy atom. The Balaban J connectivity index is 1.47. The van der Waals surface area contributed by atoms with Crippen LogP contribution in [0.2, 0.25) is 0 Å². The van der Waals surface area contributed by atoms with Crippen LogP contribution in [0.1, 0.15) is 51.9 Å². The van der Waals surface area contributed by atoms with Gasteiger partial charge in [-0.25, -0.2) is 4.39 Å². The van der Waals surface area contributed by atoms with Crippen LogP contribution in [0.4, 0.5) is 10.1 Å². The van der Waals surface area contributed by atoms with Crippen LogP contribution in [0.15, 0.2) is 24.3 Å². The molecule has 154 valence electrons. The first-order valence-electron chi connectivity index (χ1n) is 10.6. The van der Waals surface area contributed by atoms with Crippen molar-refractivity contribution in [3.05, 3.63) is 30.1 Å². The lowest BCUT2D eigenvalue weighted by atomic mass is 10.1. The first-order chi connectivity index (χ1) is 13.5. The number of benzene rings is 1. The van der Waals surface area contributed by atoms with Gasteiger partial charge < -0.3 is 14.7 Å². The van der Waals surface area contributed by atoms with E-state index in [1.807, 2.05) is 9.80 Å². The molecule has 2 fully saturated rings. The van der Waals surface area contributed by atoms with Crippen molar-refractivity contribution < 1.29 is 14.0 Å². The van der Waals surface area contributed by atoms with E-state index in [2.05, 4.69) is 4.90 Å². The van der Waals surface area contributed by atoms with Crippen LogP contribution in [-0.2, 0) is 9.59 Å². The van der Waals surface area contributed by atoms with E-state index in [-0.39, 0.29) is 17.6 Å². The Hall–Kier alpha value is -2.11. The summed E-state index contributed by atoms with van der Waals surface area (Å²) in [5, 5.41) is 0. The highest BCUT2D eigenvalue weighted by molar-refractivity contribution is 5.78. The number of halogens is 1. The SMILES string of the molecule is CC(=O)N(CCC(=O)N1CCN(c2ccc(F)cc2)CC1)C1CCCCCC1. The van der Waals surface area contributed by atoms with Crippen molar-refractivity contribution in [1.29, 1.82) is 0 Å². The van der Waals surface area contributed by atoms with Crippen LogP contribution >= 0.6 is 0 Å². The fourth-order valence-electron chi connectivity index (χ4n) is 4.41. The van der Waals surface area contributed by atoms with E-state index in [9.17, 15) is 14.0 Å². The van der Waals surface area contributed by atoms with Gasteiger partial charge in [0.25, 0.3) is 0 Å². The second kappa shape index (κ2) is 9.89. The van der Waals surface area contributed by atoms with E-state index in [1.54, 1.807) is 19.1 Å². The standard InChI is InChI=1S/C22H32FN3O2/c1-18(27)26(21-6-4-2-3-5-7-21)13-12-22(28)25-16-14-24(15-17-25)20-10-8-19(23)9-11-20/h8-11,21H,2-7,12-17H2,1H3. The quantitative estimate of drug-likeness (QED) is 0.725. The van der Waals surface area contributed by atoms with Crippen molar-refractivity contribution in [3.63, 3.8) is 0 Å². The Labute approximate surface area is 167 Å². The van der Waals surface area contributed by atoms with Gasteiger partial charge in [0, 0.05) is 57.8 Å². The van der Waals surface area contributed by atoms with E-state index < -0.39 is 0 Å². The van der Waals surface area contributed by atoms with Gasteiger partial charge in [0.05, 0.1) is 0 Å². The van der Waals surface area contributed by atoms with E-state index in [4.69, 9.17) is 0 Å². The minimum absolute atomic E-state index is 0.0841. The molecule has 2 aliphatic rings. The first-order valence-corrected chi connectivity index (χ1v) is 10.6. The third kappa shape index (κ3) is 5.46. The van der Waals surface area contributed by atoms with Crippen molar-refractivity contribution in [3.8, 4) is 0 Å². The molecule has 1 saturated carbocycles. The third-order valence-electron chi connectivity index (χ3n) is 6.06. The molecule has 0 radical (unpaired) electrons. The number of amides is 2. The smallest absolute Gasteiger partial charge is 0.224 e. The van der Waals surface area contributed by atoms with E-state index >= 15 is 0 Å². The van der Waals surface area contributed by atoms with Crippen LogP contribution < -0.4 is 4.90 Å². The van der Waals surface area contributed by atoms with Gasteiger partial charge in [-0.1, -0.05) is 25.7 Å². The summed E-state index contributed by atoms with van der Waals surface area (Å²) < 4.78 is 13.1. The van der Waals surface area contributed by atoms with Gasteiger partial charge in [0.15, 0.2) is 0 Å². The number of nitrogens with zero attached hydrogens (tertiary/aromatic N) is 3. The van der Waals surface area contributed by atoms with E-state index in [1.165, 1.54) is 37.8 Å². The number of carbonyl (C=O) groups excluding carboxylic acids is 2. The maximum absolute atomic E-state index is 13.1. The molecule has 5 nitrogen and oxygen atoms in total. The molecule has 0 spiro atoms. The van der Waals surface area contributed by atoms with Gasteiger partial charge >= 0.3 is 0 Å². The first kappa shape index (κ1) is 20.6. The molecule has 28 heavy (non-hydrogen) atoms. The number of hydrogen-bond acceptors (Lipinski definition) is 3. The molecule has 3 rings (SSSR count). The number of hydrogen-bond donors (Lipinski definition) is 0. The van der Waals surface area contributed by atoms with Crippen LogP contribution in [0, 0.1) is 5.82 Å². The highest BCUT2D eigenvalue weighted by Gasteiger charge is 2.25. The van der Waals surface area contributed by atoms with Crippen molar-refractivity contribution in [2.24, 2.45) is 0 Å². The van der Waals surface area contributed by atoms with Gasteiger partial charge in [-0.2, -0.15) is 0 Å². The molecular formula is C22H32FN3O2. The molecule has 1 aromatic rings. The molecule has 0 atom stereocenters. The maximum atomic E-state index is 13.1. The molecule has 1 saturated heterocycles. The maximum Gasteiger partial charge on any atom is 0.224 e. The van der Waals surface area contributed by atoms with Crippen molar-refractivity contribution >= 4 is 17.5 Å².